The monoisotopic (exact) mass is 240 g/mol. The molecule has 1 aliphatic heterocycles. The fraction of sp³-hybridized carbons (Fsp3) is 0.538. The minimum atomic E-state index is -0.649. The molecule has 0 aliphatic carbocycles. The molecule has 2 atom stereocenters. The summed E-state index contributed by atoms with van der Waals surface area (Å²) in [5, 5.41) is -0.649. The normalized spacial score (nSPS) is 30.1. The van der Waals surface area contributed by atoms with Crippen molar-refractivity contribution in [2.24, 2.45) is 5.92 Å². The van der Waals surface area contributed by atoms with Gasteiger partial charge >= 0.3 is 0 Å². The molecule has 0 saturated carbocycles. The Bertz CT molecular complexity index is 349. The number of ether oxygens (including phenoxy) is 2. The zero-order valence-corrected chi connectivity index (χ0v) is 10.5. The minimum Gasteiger partial charge on any atom is -0.497 e. The number of benzene rings is 1. The van der Waals surface area contributed by atoms with E-state index in [1.165, 1.54) is 0 Å². The lowest BCUT2D eigenvalue weighted by Crippen LogP contribution is -2.31. The number of hydrogen-bond donors (Lipinski definition) is 0. The molecule has 2 unspecified atom stereocenters. The van der Waals surface area contributed by atoms with E-state index in [0.717, 1.165) is 30.8 Å². The third-order valence-electron chi connectivity index (χ3n) is 3.07. The van der Waals surface area contributed by atoms with Gasteiger partial charge in [-0.25, -0.2) is 0 Å². The fourth-order valence-corrected chi connectivity index (χ4v) is 2.54. The Labute approximate surface area is 102 Å². The molecule has 2 nitrogen and oxygen atoms in total. The van der Waals surface area contributed by atoms with Crippen LogP contribution in [0, 0.1) is 5.92 Å². The van der Waals surface area contributed by atoms with Gasteiger partial charge in [0, 0.05) is 6.61 Å². The van der Waals surface area contributed by atoms with Gasteiger partial charge in [0.05, 0.1) is 7.11 Å². The standard InChI is InChI=1S/C13H17ClO2/c1-10-7-8-16-13(14,9-10)11-3-5-12(15-2)6-4-11/h3-6,10H,7-9H2,1-2H3. The van der Waals surface area contributed by atoms with Gasteiger partial charge in [0.2, 0.25) is 0 Å². The summed E-state index contributed by atoms with van der Waals surface area (Å²) in [6.45, 7) is 2.94. The summed E-state index contributed by atoms with van der Waals surface area (Å²) in [7, 11) is 1.66. The third kappa shape index (κ3) is 2.33. The molecule has 0 radical (unpaired) electrons. The van der Waals surface area contributed by atoms with E-state index in [4.69, 9.17) is 21.1 Å². The van der Waals surface area contributed by atoms with Crippen LogP contribution in [0.5, 0.6) is 5.75 Å². The maximum atomic E-state index is 6.53. The molecule has 1 aliphatic rings. The van der Waals surface area contributed by atoms with E-state index >= 15 is 0 Å². The van der Waals surface area contributed by atoms with E-state index in [1.54, 1.807) is 7.11 Å². The first-order valence-electron chi connectivity index (χ1n) is 5.61. The summed E-state index contributed by atoms with van der Waals surface area (Å²) in [4.78, 5) is 0. The van der Waals surface area contributed by atoms with E-state index in [1.807, 2.05) is 24.3 Å². The lowest BCUT2D eigenvalue weighted by molar-refractivity contribution is -0.0401. The second-order valence-electron chi connectivity index (χ2n) is 4.40. The topological polar surface area (TPSA) is 18.5 Å². The Morgan fingerprint density at radius 3 is 2.62 bits per heavy atom. The highest BCUT2D eigenvalue weighted by Gasteiger charge is 2.35. The van der Waals surface area contributed by atoms with Crippen LogP contribution < -0.4 is 4.74 Å². The summed E-state index contributed by atoms with van der Waals surface area (Å²) in [5.74, 6) is 1.45. The van der Waals surface area contributed by atoms with Crippen LogP contribution >= 0.6 is 11.6 Å². The molecule has 0 amide bonds. The van der Waals surface area contributed by atoms with E-state index in [9.17, 15) is 0 Å². The molecular formula is C13H17ClO2. The van der Waals surface area contributed by atoms with Gasteiger partial charge in [-0.1, -0.05) is 30.7 Å². The molecular weight excluding hydrogens is 224 g/mol. The average molecular weight is 241 g/mol. The highest BCUT2D eigenvalue weighted by Crippen LogP contribution is 2.41. The second-order valence-corrected chi connectivity index (χ2v) is 5.01. The smallest absolute Gasteiger partial charge is 0.167 e. The molecule has 16 heavy (non-hydrogen) atoms. The van der Waals surface area contributed by atoms with E-state index in [-0.39, 0.29) is 0 Å². The van der Waals surface area contributed by atoms with Crippen LogP contribution in [0.2, 0.25) is 0 Å². The molecule has 0 spiro atoms. The molecule has 1 fully saturated rings. The maximum Gasteiger partial charge on any atom is 0.167 e. The fourth-order valence-electron chi connectivity index (χ4n) is 2.07. The largest absolute Gasteiger partial charge is 0.497 e. The van der Waals surface area contributed by atoms with Crippen LogP contribution in [0.1, 0.15) is 25.3 Å². The zero-order valence-electron chi connectivity index (χ0n) is 9.70. The van der Waals surface area contributed by atoms with Gasteiger partial charge in [-0.2, -0.15) is 0 Å². The molecule has 1 aromatic rings. The molecule has 1 heterocycles. The molecule has 3 heteroatoms. The van der Waals surface area contributed by atoms with Crippen LogP contribution in [-0.4, -0.2) is 13.7 Å². The summed E-state index contributed by atoms with van der Waals surface area (Å²) in [5.41, 5.74) is 1.02. The predicted molar refractivity (Wildman–Crippen MR) is 64.9 cm³/mol. The SMILES string of the molecule is COc1ccc(C2(Cl)CC(C)CCO2)cc1. The van der Waals surface area contributed by atoms with Crippen molar-refractivity contribution in [2.75, 3.05) is 13.7 Å². The van der Waals surface area contributed by atoms with Crippen LogP contribution in [0.4, 0.5) is 0 Å². The number of rotatable bonds is 2. The van der Waals surface area contributed by atoms with Crippen molar-refractivity contribution in [3.05, 3.63) is 29.8 Å². The summed E-state index contributed by atoms with van der Waals surface area (Å²) >= 11 is 6.53. The maximum absolute atomic E-state index is 6.53. The van der Waals surface area contributed by atoms with Gasteiger partial charge in [0.25, 0.3) is 0 Å². The average Bonchev–Trinajstić information content (AvgIpc) is 2.29. The minimum absolute atomic E-state index is 0.605. The van der Waals surface area contributed by atoms with E-state index in [0.29, 0.717) is 5.92 Å². The van der Waals surface area contributed by atoms with Crippen LogP contribution in [0.3, 0.4) is 0 Å². The number of hydrogen-bond acceptors (Lipinski definition) is 2. The summed E-state index contributed by atoms with van der Waals surface area (Å²) < 4.78 is 10.8. The zero-order chi connectivity index (χ0) is 11.6. The number of alkyl halides is 1. The number of methoxy groups -OCH3 is 1. The summed E-state index contributed by atoms with van der Waals surface area (Å²) in [6.07, 6.45) is 1.95. The Morgan fingerprint density at radius 2 is 2.06 bits per heavy atom. The van der Waals surface area contributed by atoms with E-state index in [2.05, 4.69) is 6.92 Å². The first-order valence-corrected chi connectivity index (χ1v) is 5.99. The van der Waals surface area contributed by atoms with Crippen molar-refractivity contribution < 1.29 is 9.47 Å². The summed E-state index contributed by atoms with van der Waals surface area (Å²) in [6, 6.07) is 7.79. The quantitative estimate of drug-likeness (QED) is 0.737. The van der Waals surface area contributed by atoms with Gasteiger partial charge in [0.1, 0.15) is 5.75 Å². The lowest BCUT2D eigenvalue weighted by Gasteiger charge is -2.35. The van der Waals surface area contributed by atoms with Crippen molar-refractivity contribution in [3.63, 3.8) is 0 Å². The van der Waals surface area contributed by atoms with Crippen LogP contribution in [-0.2, 0) is 9.80 Å². The van der Waals surface area contributed by atoms with Gasteiger partial charge in [-0.05, 0) is 36.5 Å². The Balaban J connectivity index is 2.20. The highest BCUT2D eigenvalue weighted by atomic mass is 35.5. The van der Waals surface area contributed by atoms with Crippen molar-refractivity contribution in [3.8, 4) is 5.75 Å². The van der Waals surface area contributed by atoms with Crippen molar-refractivity contribution in [1.29, 1.82) is 0 Å². The lowest BCUT2D eigenvalue weighted by atomic mass is 9.93. The van der Waals surface area contributed by atoms with Gasteiger partial charge in [-0.15, -0.1) is 0 Å². The molecule has 88 valence electrons. The van der Waals surface area contributed by atoms with Crippen LogP contribution in [0.15, 0.2) is 24.3 Å². The van der Waals surface area contributed by atoms with Crippen LogP contribution in [0.25, 0.3) is 0 Å². The van der Waals surface area contributed by atoms with E-state index < -0.39 is 5.06 Å². The molecule has 0 bridgehead atoms. The third-order valence-corrected chi connectivity index (χ3v) is 3.56. The Morgan fingerprint density at radius 1 is 1.38 bits per heavy atom. The second kappa shape index (κ2) is 4.64. The first-order chi connectivity index (χ1) is 7.64. The predicted octanol–water partition coefficient (Wildman–Crippen LogP) is 3.53. The van der Waals surface area contributed by atoms with Crippen molar-refractivity contribution in [1.82, 2.24) is 0 Å². The molecule has 0 aromatic heterocycles. The number of halogens is 1. The van der Waals surface area contributed by atoms with Crippen molar-refractivity contribution >= 4 is 11.6 Å². The van der Waals surface area contributed by atoms with Gasteiger partial charge in [-0.3, -0.25) is 0 Å². The molecule has 1 saturated heterocycles. The van der Waals surface area contributed by atoms with Gasteiger partial charge in [0.15, 0.2) is 5.06 Å². The molecule has 1 aromatic carbocycles. The highest BCUT2D eigenvalue weighted by molar-refractivity contribution is 6.23. The first kappa shape index (κ1) is 11.7. The molecule has 2 rings (SSSR count). The Hall–Kier alpha value is -0.730. The van der Waals surface area contributed by atoms with Crippen molar-refractivity contribution in [2.45, 2.75) is 24.8 Å². The van der Waals surface area contributed by atoms with Gasteiger partial charge < -0.3 is 9.47 Å². The Kier molecular flexibility index (Phi) is 3.41. The molecule has 0 N–H and O–H groups in total.